The van der Waals surface area contributed by atoms with Gasteiger partial charge in [0.25, 0.3) is 0 Å². The molecule has 9 heteroatoms. The fraction of sp³-hybridized carbons (Fsp3) is 0.222. The molecule has 2 rings (SSSR count). The lowest BCUT2D eigenvalue weighted by atomic mass is 9.82. The monoisotopic (exact) mass is 501 g/mol. The van der Waals surface area contributed by atoms with E-state index in [4.69, 9.17) is 0 Å². The summed E-state index contributed by atoms with van der Waals surface area (Å²) < 4.78 is 1.53. The second-order valence-corrected chi connectivity index (χ2v) is 7.80. The summed E-state index contributed by atoms with van der Waals surface area (Å²) in [6.07, 6.45) is -0.689. The molecule has 27 heavy (non-hydrogen) atoms. The summed E-state index contributed by atoms with van der Waals surface area (Å²) in [6, 6.07) is 8.87. The molecule has 0 aliphatic rings. The van der Waals surface area contributed by atoms with E-state index >= 15 is 0 Å². The summed E-state index contributed by atoms with van der Waals surface area (Å²) in [7, 11) is 1.01. The number of nitrogens with zero attached hydrogens (tertiary/aromatic N) is 1. The minimum absolute atomic E-state index is 0.0583. The van der Waals surface area contributed by atoms with Crippen LogP contribution in [0.4, 0.5) is 0 Å². The molecule has 0 aromatic heterocycles. The zero-order valence-electron chi connectivity index (χ0n) is 14.2. The molecule has 0 saturated carbocycles. The van der Waals surface area contributed by atoms with Crippen molar-refractivity contribution in [2.75, 3.05) is 7.05 Å². The highest BCUT2D eigenvalue weighted by Crippen LogP contribution is 2.36. The maximum atomic E-state index is 12.2. The van der Waals surface area contributed by atoms with Gasteiger partial charge in [-0.1, -0.05) is 12.1 Å². The normalized spacial score (nSPS) is 13.1. The molecular weight excluding hydrogens is 486 g/mol. The Bertz CT molecular complexity index is 886. The summed E-state index contributed by atoms with van der Waals surface area (Å²) in [5.74, 6) is -3.04. The molecule has 4 N–H and O–H groups in total. The zero-order valence-corrected chi connectivity index (χ0v) is 17.4. The van der Waals surface area contributed by atoms with Crippen LogP contribution in [0, 0.1) is 0 Å². The molecule has 0 bridgehead atoms. The van der Waals surface area contributed by atoms with Gasteiger partial charge in [0.2, 0.25) is 5.78 Å². The quantitative estimate of drug-likeness (QED) is 0.209. The number of hydrogen-bond acceptors (Lipinski definition) is 6. The molecule has 0 fully saturated rings. The van der Waals surface area contributed by atoms with Crippen molar-refractivity contribution in [3.63, 3.8) is 0 Å². The number of hydrogen-bond donors (Lipinski definition) is 4. The molecule has 0 spiro atoms. The fourth-order valence-corrected chi connectivity index (χ4v) is 3.26. The van der Waals surface area contributed by atoms with E-state index in [0.29, 0.717) is 5.56 Å². The number of hydroxylamine groups is 2. The Labute approximate surface area is 172 Å². The maximum absolute atomic E-state index is 12.2. The molecule has 2 aromatic rings. The highest BCUT2D eigenvalue weighted by atomic mass is 79.9. The molecule has 2 aromatic carbocycles. The first-order chi connectivity index (χ1) is 12.5. The number of phenols is 2. The standard InChI is InChI=1S/C18H17Br2NO6/c1-21(27)17(25)16(24)9-18(26,11-3-5-14(22)15(23)7-11)8-10-2-4-12(19)13(20)6-10/h2-7,22-23,26-27H,8-9H2,1H3. The van der Waals surface area contributed by atoms with Gasteiger partial charge in [0.15, 0.2) is 11.5 Å². The third kappa shape index (κ3) is 5.07. The molecule has 1 atom stereocenters. The molecular formula is C18H17Br2NO6. The second-order valence-electron chi connectivity index (χ2n) is 6.09. The second kappa shape index (κ2) is 8.39. The van der Waals surface area contributed by atoms with Gasteiger partial charge in [-0.3, -0.25) is 14.8 Å². The topological polar surface area (TPSA) is 118 Å². The summed E-state index contributed by atoms with van der Waals surface area (Å²) >= 11 is 6.71. The predicted molar refractivity (Wildman–Crippen MR) is 103 cm³/mol. The van der Waals surface area contributed by atoms with E-state index in [1.54, 1.807) is 18.2 Å². The molecule has 7 nitrogen and oxygen atoms in total. The van der Waals surface area contributed by atoms with E-state index in [-0.39, 0.29) is 22.8 Å². The smallest absolute Gasteiger partial charge is 0.313 e. The van der Waals surface area contributed by atoms with Crippen LogP contribution in [0.3, 0.4) is 0 Å². The fourth-order valence-electron chi connectivity index (χ4n) is 2.59. The Morgan fingerprint density at radius 2 is 1.70 bits per heavy atom. The summed E-state index contributed by atoms with van der Waals surface area (Å²) in [5, 5.41) is 39.8. The predicted octanol–water partition coefficient (Wildman–Crippen LogP) is 2.86. The number of aromatic hydroxyl groups is 2. The van der Waals surface area contributed by atoms with Crippen molar-refractivity contribution in [2.24, 2.45) is 0 Å². The molecule has 0 aliphatic heterocycles. The van der Waals surface area contributed by atoms with Crippen LogP contribution in [0.2, 0.25) is 0 Å². The maximum Gasteiger partial charge on any atom is 0.313 e. The number of Topliss-reactive ketones (excluding diaryl/α,β-unsaturated/α-hetero) is 1. The summed E-state index contributed by atoms with van der Waals surface area (Å²) in [4.78, 5) is 23.9. The van der Waals surface area contributed by atoms with Gasteiger partial charge in [0.1, 0.15) is 5.60 Å². The number of halogens is 2. The van der Waals surface area contributed by atoms with Gasteiger partial charge < -0.3 is 15.3 Å². The number of carbonyl (C=O) groups excluding carboxylic acids is 2. The first-order valence-corrected chi connectivity index (χ1v) is 9.30. The number of ketones is 1. The van der Waals surface area contributed by atoms with E-state index in [1.165, 1.54) is 12.1 Å². The number of benzene rings is 2. The highest BCUT2D eigenvalue weighted by Gasteiger charge is 2.36. The van der Waals surface area contributed by atoms with Crippen molar-refractivity contribution in [2.45, 2.75) is 18.4 Å². The first kappa shape index (κ1) is 21.4. The van der Waals surface area contributed by atoms with Crippen LogP contribution < -0.4 is 0 Å². The number of amides is 1. The molecule has 1 unspecified atom stereocenters. The Morgan fingerprint density at radius 3 is 2.26 bits per heavy atom. The lowest BCUT2D eigenvalue weighted by molar-refractivity contribution is -0.167. The van der Waals surface area contributed by atoms with Crippen LogP contribution >= 0.6 is 31.9 Å². The molecule has 144 valence electrons. The number of phenolic OH excluding ortho intramolecular Hbond substituents is 2. The Balaban J connectivity index is 2.46. The molecule has 0 radical (unpaired) electrons. The number of carbonyl (C=O) groups is 2. The van der Waals surface area contributed by atoms with Gasteiger partial charge in [0.05, 0.1) is 0 Å². The van der Waals surface area contributed by atoms with Crippen LogP contribution in [0.5, 0.6) is 11.5 Å². The summed E-state index contributed by atoms with van der Waals surface area (Å²) in [5.41, 5.74) is -1.07. The van der Waals surface area contributed by atoms with Gasteiger partial charge in [-0.05, 0) is 67.3 Å². The Kier molecular flexibility index (Phi) is 6.63. The Hall–Kier alpha value is -1.94. The lowest BCUT2D eigenvalue weighted by Crippen LogP contribution is -2.38. The molecule has 0 saturated heterocycles. The van der Waals surface area contributed by atoms with Crippen LogP contribution in [0.25, 0.3) is 0 Å². The number of likely N-dealkylation sites (N-methyl/N-ethyl adjacent to an activating group) is 1. The van der Waals surface area contributed by atoms with Crippen molar-refractivity contribution >= 4 is 43.6 Å². The van der Waals surface area contributed by atoms with Gasteiger partial charge >= 0.3 is 5.91 Å². The van der Waals surface area contributed by atoms with Crippen LogP contribution in [0.1, 0.15) is 17.5 Å². The van der Waals surface area contributed by atoms with Gasteiger partial charge in [-0.25, -0.2) is 5.06 Å². The van der Waals surface area contributed by atoms with Gasteiger partial charge in [0, 0.05) is 28.8 Å². The third-order valence-corrected chi connectivity index (χ3v) is 5.86. The minimum Gasteiger partial charge on any atom is -0.504 e. The van der Waals surface area contributed by atoms with E-state index in [0.717, 1.165) is 22.1 Å². The average Bonchev–Trinajstić information content (AvgIpc) is 2.59. The van der Waals surface area contributed by atoms with Crippen molar-refractivity contribution in [1.29, 1.82) is 0 Å². The molecule has 0 aliphatic carbocycles. The van der Waals surface area contributed by atoms with Gasteiger partial charge in [-0.15, -0.1) is 0 Å². The van der Waals surface area contributed by atoms with Crippen LogP contribution in [0.15, 0.2) is 45.3 Å². The van der Waals surface area contributed by atoms with E-state index in [1.807, 2.05) is 0 Å². The van der Waals surface area contributed by atoms with Crippen LogP contribution in [-0.2, 0) is 21.6 Å². The van der Waals surface area contributed by atoms with E-state index < -0.39 is 29.5 Å². The minimum atomic E-state index is -1.86. The van der Waals surface area contributed by atoms with E-state index in [2.05, 4.69) is 31.9 Å². The van der Waals surface area contributed by atoms with E-state index in [9.17, 15) is 30.1 Å². The first-order valence-electron chi connectivity index (χ1n) is 7.72. The van der Waals surface area contributed by atoms with Crippen molar-refractivity contribution in [1.82, 2.24) is 5.06 Å². The van der Waals surface area contributed by atoms with Gasteiger partial charge in [-0.2, -0.15) is 0 Å². The Morgan fingerprint density at radius 1 is 1.04 bits per heavy atom. The number of rotatable bonds is 6. The largest absolute Gasteiger partial charge is 0.504 e. The average molecular weight is 503 g/mol. The van der Waals surface area contributed by atoms with Crippen LogP contribution in [-0.4, -0.2) is 44.3 Å². The molecule has 0 heterocycles. The lowest BCUT2D eigenvalue weighted by Gasteiger charge is -2.29. The zero-order chi connectivity index (χ0) is 20.4. The number of aliphatic hydroxyl groups is 1. The molecule has 1 amide bonds. The third-order valence-electron chi connectivity index (χ3n) is 3.98. The summed E-state index contributed by atoms with van der Waals surface area (Å²) in [6.45, 7) is 0. The van der Waals surface area contributed by atoms with Crippen molar-refractivity contribution < 1.29 is 30.1 Å². The van der Waals surface area contributed by atoms with Crippen molar-refractivity contribution in [3.8, 4) is 11.5 Å². The highest BCUT2D eigenvalue weighted by molar-refractivity contribution is 9.13. The SMILES string of the molecule is CN(O)C(=O)C(=O)CC(O)(Cc1ccc(Br)c(Br)c1)c1ccc(O)c(O)c1. The van der Waals surface area contributed by atoms with Crippen molar-refractivity contribution in [3.05, 3.63) is 56.5 Å².